The van der Waals surface area contributed by atoms with Crippen molar-refractivity contribution in [2.75, 3.05) is 13.2 Å². The Kier molecular flexibility index (Phi) is 5.31. The van der Waals surface area contributed by atoms with Crippen LogP contribution in [-0.2, 0) is 0 Å². The minimum absolute atomic E-state index is 0.0608. The van der Waals surface area contributed by atoms with E-state index in [1.165, 1.54) is 0 Å². The van der Waals surface area contributed by atoms with Crippen LogP contribution >= 0.6 is 11.6 Å². The number of hydrogen-bond acceptors (Lipinski definition) is 3. The fourth-order valence-corrected chi connectivity index (χ4v) is 1.89. The average molecular weight is 280 g/mol. The van der Waals surface area contributed by atoms with Gasteiger partial charge in [-0.3, -0.25) is 0 Å². The summed E-state index contributed by atoms with van der Waals surface area (Å²) in [6, 6.07) is 11.3. The monoisotopic (exact) mass is 279 g/mol. The number of halogens is 1. The molecule has 1 aromatic carbocycles. The first-order chi connectivity index (χ1) is 9.29. The van der Waals surface area contributed by atoms with Gasteiger partial charge in [-0.1, -0.05) is 18.5 Å². The predicted octanol–water partition coefficient (Wildman–Crippen LogP) is 4.05. The van der Waals surface area contributed by atoms with Gasteiger partial charge in [-0.15, -0.1) is 0 Å². The highest BCUT2D eigenvalue weighted by Gasteiger charge is 2.14. The van der Waals surface area contributed by atoms with Crippen molar-refractivity contribution in [1.82, 2.24) is 5.32 Å². The van der Waals surface area contributed by atoms with Crippen LogP contribution in [0.3, 0.4) is 0 Å². The Hall–Kier alpha value is -1.45. The number of rotatable bonds is 7. The molecule has 1 heterocycles. The fraction of sp³-hybridized carbons (Fsp3) is 0.333. The van der Waals surface area contributed by atoms with E-state index in [1.54, 1.807) is 6.26 Å². The van der Waals surface area contributed by atoms with Gasteiger partial charge in [-0.05, 0) is 49.4 Å². The normalized spacial score (nSPS) is 12.3. The lowest BCUT2D eigenvalue weighted by atomic mass is 10.2. The van der Waals surface area contributed by atoms with E-state index >= 15 is 0 Å². The molecular weight excluding hydrogens is 262 g/mol. The number of benzene rings is 1. The van der Waals surface area contributed by atoms with Crippen LogP contribution in [-0.4, -0.2) is 13.2 Å². The Morgan fingerprint density at radius 1 is 1.26 bits per heavy atom. The molecule has 0 aliphatic heterocycles. The van der Waals surface area contributed by atoms with Gasteiger partial charge in [0.05, 0.1) is 6.26 Å². The van der Waals surface area contributed by atoms with Gasteiger partial charge in [0.25, 0.3) is 0 Å². The summed E-state index contributed by atoms with van der Waals surface area (Å²) < 4.78 is 11.2. The fourth-order valence-electron chi connectivity index (χ4n) is 1.76. The van der Waals surface area contributed by atoms with Crippen LogP contribution in [0.15, 0.2) is 47.1 Å². The van der Waals surface area contributed by atoms with Gasteiger partial charge in [0.15, 0.2) is 0 Å². The van der Waals surface area contributed by atoms with Crippen molar-refractivity contribution in [3.05, 3.63) is 53.4 Å². The summed E-state index contributed by atoms with van der Waals surface area (Å²) >= 11 is 5.84. The van der Waals surface area contributed by atoms with Crippen LogP contribution < -0.4 is 10.1 Å². The second-order valence-electron chi connectivity index (χ2n) is 4.29. The van der Waals surface area contributed by atoms with Gasteiger partial charge in [0.2, 0.25) is 0 Å². The minimum Gasteiger partial charge on any atom is -0.491 e. The van der Waals surface area contributed by atoms with Gasteiger partial charge >= 0.3 is 0 Å². The molecule has 102 valence electrons. The third kappa shape index (κ3) is 4.30. The molecule has 1 N–H and O–H groups in total. The molecule has 4 heteroatoms. The Bertz CT molecular complexity index is 467. The van der Waals surface area contributed by atoms with E-state index in [9.17, 15) is 0 Å². The Labute approximate surface area is 118 Å². The molecule has 0 aliphatic rings. The first-order valence-electron chi connectivity index (χ1n) is 6.44. The molecule has 2 rings (SSSR count). The first kappa shape index (κ1) is 14.0. The van der Waals surface area contributed by atoms with E-state index in [1.807, 2.05) is 36.4 Å². The molecule has 0 bridgehead atoms. The molecule has 0 radical (unpaired) electrons. The zero-order valence-corrected chi connectivity index (χ0v) is 11.7. The zero-order valence-electron chi connectivity index (χ0n) is 10.9. The maximum Gasteiger partial charge on any atom is 0.124 e. The van der Waals surface area contributed by atoms with Crippen molar-refractivity contribution in [2.45, 2.75) is 19.4 Å². The lowest BCUT2D eigenvalue weighted by Crippen LogP contribution is -2.27. The van der Waals surface area contributed by atoms with E-state index < -0.39 is 0 Å². The van der Waals surface area contributed by atoms with E-state index in [0.29, 0.717) is 11.6 Å². The van der Waals surface area contributed by atoms with Crippen molar-refractivity contribution in [2.24, 2.45) is 0 Å². The van der Waals surface area contributed by atoms with Crippen molar-refractivity contribution in [3.8, 4) is 5.75 Å². The summed E-state index contributed by atoms with van der Waals surface area (Å²) in [4.78, 5) is 0. The SMILES string of the molecule is CCCNC(COc1ccc(Cl)cc1)c1ccco1. The lowest BCUT2D eigenvalue weighted by molar-refractivity contribution is 0.246. The molecular formula is C15H18ClNO2. The minimum atomic E-state index is 0.0608. The maximum atomic E-state index is 5.84. The van der Waals surface area contributed by atoms with Crippen LogP contribution in [0.25, 0.3) is 0 Å². The summed E-state index contributed by atoms with van der Waals surface area (Å²) in [6.07, 6.45) is 2.75. The van der Waals surface area contributed by atoms with Crippen LogP contribution in [0.2, 0.25) is 5.02 Å². The maximum absolute atomic E-state index is 5.84. The highest BCUT2D eigenvalue weighted by molar-refractivity contribution is 6.30. The van der Waals surface area contributed by atoms with Crippen molar-refractivity contribution >= 4 is 11.6 Å². The quantitative estimate of drug-likeness (QED) is 0.830. The number of nitrogens with one attached hydrogen (secondary N) is 1. The molecule has 0 saturated heterocycles. The number of furan rings is 1. The molecule has 0 fully saturated rings. The number of ether oxygens (including phenoxy) is 1. The van der Waals surface area contributed by atoms with Crippen LogP contribution in [0.1, 0.15) is 25.1 Å². The van der Waals surface area contributed by atoms with Gasteiger partial charge in [0, 0.05) is 5.02 Å². The first-order valence-corrected chi connectivity index (χ1v) is 6.82. The zero-order chi connectivity index (χ0) is 13.5. The molecule has 0 aliphatic carbocycles. The molecule has 0 saturated carbocycles. The highest BCUT2D eigenvalue weighted by atomic mass is 35.5. The molecule has 1 atom stereocenters. The molecule has 0 spiro atoms. The Balaban J connectivity index is 1.94. The lowest BCUT2D eigenvalue weighted by Gasteiger charge is -2.17. The molecule has 19 heavy (non-hydrogen) atoms. The molecule has 1 aromatic heterocycles. The van der Waals surface area contributed by atoms with E-state index in [4.69, 9.17) is 20.8 Å². The van der Waals surface area contributed by atoms with Gasteiger partial charge in [-0.25, -0.2) is 0 Å². The third-order valence-corrected chi connectivity index (χ3v) is 3.01. The van der Waals surface area contributed by atoms with Crippen molar-refractivity contribution in [1.29, 1.82) is 0 Å². The van der Waals surface area contributed by atoms with Crippen molar-refractivity contribution < 1.29 is 9.15 Å². The molecule has 1 unspecified atom stereocenters. The Morgan fingerprint density at radius 2 is 2.05 bits per heavy atom. The van der Waals surface area contributed by atoms with Crippen LogP contribution in [0.5, 0.6) is 5.75 Å². The summed E-state index contributed by atoms with van der Waals surface area (Å²) in [5, 5.41) is 4.12. The highest BCUT2D eigenvalue weighted by Crippen LogP contribution is 2.19. The average Bonchev–Trinajstić information content (AvgIpc) is 2.95. The third-order valence-electron chi connectivity index (χ3n) is 2.76. The molecule has 0 amide bonds. The largest absolute Gasteiger partial charge is 0.491 e. The number of hydrogen-bond donors (Lipinski definition) is 1. The van der Waals surface area contributed by atoms with E-state index in [0.717, 1.165) is 24.5 Å². The van der Waals surface area contributed by atoms with Gasteiger partial charge in [0.1, 0.15) is 24.2 Å². The summed E-state index contributed by atoms with van der Waals surface area (Å²) in [7, 11) is 0. The summed E-state index contributed by atoms with van der Waals surface area (Å²) in [5.74, 6) is 1.70. The van der Waals surface area contributed by atoms with Crippen LogP contribution in [0, 0.1) is 0 Å². The summed E-state index contributed by atoms with van der Waals surface area (Å²) in [6.45, 7) is 3.58. The summed E-state index contributed by atoms with van der Waals surface area (Å²) in [5.41, 5.74) is 0. The topological polar surface area (TPSA) is 34.4 Å². The van der Waals surface area contributed by atoms with E-state index in [2.05, 4.69) is 12.2 Å². The van der Waals surface area contributed by atoms with Gasteiger partial charge < -0.3 is 14.5 Å². The van der Waals surface area contributed by atoms with Crippen molar-refractivity contribution in [3.63, 3.8) is 0 Å². The Morgan fingerprint density at radius 3 is 2.68 bits per heavy atom. The second kappa shape index (κ2) is 7.22. The smallest absolute Gasteiger partial charge is 0.124 e. The van der Waals surface area contributed by atoms with Gasteiger partial charge in [-0.2, -0.15) is 0 Å². The predicted molar refractivity (Wildman–Crippen MR) is 76.7 cm³/mol. The second-order valence-corrected chi connectivity index (χ2v) is 4.72. The van der Waals surface area contributed by atoms with Crippen LogP contribution in [0.4, 0.5) is 0 Å². The standard InChI is InChI=1S/C15H18ClNO2/c1-2-9-17-14(15-4-3-10-18-15)11-19-13-7-5-12(16)6-8-13/h3-8,10,14,17H,2,9,11H2,1H3. The molecule has 2 aromatic rings. The van der Waals surface area contributed by atoms with E-state index in [-0.39, 0.29) is 6.04 Å². The molecule has 3 nitrogen and oxygen atoms in total.